The third-order valence-corrected chi connectivity index (χ3v) is 5.83. The molecule has 0 aliphatic carbocycles. The third kappa shape index (κ3) is 6.35. The molecular formula is C20H25NO3S. The zero-order chi connectivity index (χ0) is 18.3. The zero-order valence-electron chi connectivity index (χ0n) is 14.7. The van der Waals surface area contributed by atoms with E-state index in [0.717, 1.165) is 18.4 Å². The van der Waals surface area contributed by atoms with Gasteiger partial charge in [-0.3, -0.25) is 4.79 Å². The van der Waals surface area contributed by atoms with E-state index in [-0.39, 0.29) is 29.0 Å². The summed E-state index contributed by atoms with van der Waals surface area (Å²) in [6, 6.07) is 16.8. The van der Waals surface area contributed by atoms with Gasteiger partial charge in [-0.15, -0.1) is 0 Å². The van der Waals surface area contributed by atoms with E-state index < -0.39 is 9.84 Å². The summed E-state index contributed by atoms with van der Waals surface area (Å²) in [5.74, 6) is -0.399. The molecule has 2 rings (SSSR count). The highest BCUT2D eigenvalue weighted by Crippen LogP contribution is 2.13. The molecule has 0 radical (unpaired) electrons. The molecule has 0 aliphatic heterocycles. The van der Waals surface area contributed by atoms with Gasteiger partial charge in [0, 0.05) is 12.5 Å². The van der Waals surface area contributed by atoms with E-state index in [2.05, 4.69) is 17.4 Å². The molecule has 25 heavy (non-hydrogen) atoms. The lowest BCUT2D eigenvalue weighted by molar-refractivity contribution is -0.121. The second-order valence-electron chi connectivity index (χ2n) is 6.37. The van der Waals surface area contributed by atoms with E-state index in [1.165, 1.54) is 5.56 Å². The van der Waals surface area contributed by atoms with Crippen LogP contribution >= 0.6 is 0 Å². The van der Waals surface area contributed by atoms with Crippen molar-refractivity contribution in [1.29, 1.82) is 0 Å². The lowest BCUT2D eigenvalue weighted by Crippen LogP contribution is -2.33. The van der Waals surface area contributed by atoms with Gasteiger partial charge >= 0.3 is 0 Å². The van der Waals surface area contributed by atoms with Crippen molar-refractivity contribution in [2.75, 3.05) is 5.75 Å². The zero-order valence-corrected chi connectivity index (χ0v) is 15.6. The Kier molecular flexibility index (Phi) is 6.76. The Hall–Kier alpha value is -2.14. The molecule has 1 N–H and O–H groups in total. The fourth-order valence-electron chi connectivity index (χ4n) is 2.54. The van der Waals surface area contributed by atoms with Crippen LogP contribution in [0.5, 0.6) is 0 Å². The number of nitrogens with one attached hydrogen (secondary N) is 1. The summed E-state index contributed by atoms with van der Waals surface area (Å²) in [5.41, 5.74) is 2.23. The minimum atomic E-state index is -3.42. The highest BCUT2D eigenvalue weighted by Gasteiger charge is 2.17. The van der Waals surface area contributed by atoms with E-state index in [1.807, 2.05) is 32.0 Å². The number of sulfone groups is 1. The quantitative estimate of drug-likeness (QED) is 0.786. The van der Waals surface area contributed by atoms with Crippen LogP contribution in [-0.4, -0.2) is 26.1 Å². The lowest BCUT2D eigenvalue weighted by Gasteiger charge is -2.14. The Balaban J connectivity index is 1.78. The van der Waals surface area contributed by atoms with Gasteiger partial charge in [0.1, 0.15) is 0 Å². The molecule has 134 valence electrons. The maximum absolute atomic E-state index is 12.3. The van der Waals surface area contributed by atoms with Crippen molar-refractivity contribution in [3.8, 4) is 0 Å². The van der Waals surface area contributed by atoms with E-state index in [4.69, 9.17) is 0 Å². The summed E-state index contributed by atoms with van der Waals surface area (Å²) in [7, 11) is -3.42. The van der Waals surface area contributed by atoms with Crippen LogP contribution in [0.3, 0.4) is 0 Å². The minimum absolute atomic E-state index is 0.00906. The summed E-state index contributed by atoms with van der Waals surface area (Å²) < 4.78 is 24.5. The maximum atomic E-state index is 12.3. The highest BCUT2D eigenvalue weighted by molar-refractivity contribution is 7.91. The number of carbonyl (C=O) groups excluding carboxylic acids is 1. The van der Waals surface area contributed by atoms with Crippen molar-refractivity contribution < 1.29 is 13.2 Å². The van der Waals surface area contributed by atoms with E-state index in [0.29, 0.717) is 0 Å². The number of benzene rings is 2. The molecule has 0 fully saturated rings. The fourth-order valence-corrected chi connectivity index (χ4v) is 3.78. The average molecular weight is 359 g/mol. The van der Waals surface area contributed by atoms with Crippen molar-refractivity contribution in [1.82, 2.24) is 5.32 Å². The Bertz CT molecular complexity index is 783. The van der Waals surface area contributed by atoms with E-state index in [9.17, 15) is 13.2 Å². The fraction of sp³-hybridized carbons (Fsp3) is 0.350. The number of aryl methyl sites for hydroxylation is 2. The number of hydrogen-bond acceptors (Lipinski definition) is 3. The topological polar surface area (TPSA) is 63.2 Å². The molecule has 1 atom stereocenters. The molecule has 1 amide bonds. The average Bonchev–Trinajstić information content (AvgIpc) is 2.60. The summed E-state index contributed by atoms with van der Waals surface area (Å²) in [5, 5.41) is 2.88. The molecule has 0 bridgehead atoms. The van der Waals surface area contributed by atoms with Gasteiger partial charge in [-0.2, -0.15) is 0 Å². The maximum Gasteiger partial charge on any atom is 0.221 e. The first kappa shape index (κ1) is 19.2. The Morgan fingerprint density at radius 2 is 1.68 bits per heavy atom. The van der Waals surface area contributed by atoms with Crippen LogP contribution in [0.25, 0.3) is 0 Å². The summed E-state index contributed by atoms with van der Waals surface area (Å²) in [6.07, 6.45) is 1.68. The molecular weight excluding hydrogens is 334 g/mol. The third-order valence-electron chi connectivity index (χ3n) is 4.09. The number of hydrogen-bond donors (Lipinski definition) is 1. The molecule has 5 heteroatoms. The summed E-state index contributed by atoms with van der Waals surface area (Å²) >= 11 is 0. The number of amides is 1. The van der Waals surface area contributed by atoms with Crippen LogP contribution in [0.4, 0.5) is 0 Å². The summed E-state index contributed by atoms with van der Waals surface area (Å²) in [4.78, 5) is 12.3. The van der Waals surface area contributed by atoms with Gasteiger partial charge in [-0.25, -0.2) is 8.42 Å². The lowest BCUT2D eigenvalue weighted by atomic mass is 10.1. The Morgan fingerprint density at radius 1 is 1.04 bits per heavy atom. The van der Waals surface area contributed by atoms with Crippen LogP contribution < -0.4 is 5.32 Å². The smallest absolute Gasteiger partial charge is 0.221 e. The standard InChI is InChI=1S/C20H25NO3S/c1-16-8-12-19(13-9-16)25(23,24)15-14-20(22)21-17(2)10-11-18-6-4-3-5-7-18/h3-9,12-13,17H,10-11,14-15H2,1-2H3,(H,21,22). The summed E-state index contributed by atoms with van der Waals surface area (Å²) in [6.45, 7) is 3.84. The van der Waals surface area contributed by atoms with Crippen molar-refractivity contribution in [2.45, 2.75) is 44.0 Å². The molecule has 0 aliphatic rings. The van der Waals surface area contributed by atoms with Gasteiger partial charge in [0.15, 0.2) is 9.84 Å². The second kappa shape index (κ2) is 8.81. The van der Waals surface area contributed by atoms with Crippen molar-refractivity contribution >= 4 is 15.7 Å². The predicted molar refractivity (Wildman–Crippen MR) is 100 cm³/mol. The predicted octanol–water partition coefficient (Wildman–Crippen LogP) is 3.30. The molecule has 1 unspecified atom stereocenters. The van der Waals surface area contributed by atoms with Gasteiger partial charge in [0.25, 0.3) is 0 Å². The largest absolute Gasteiger partial charge is 0.354 e. The van der Waals surface area contributed by atoms with Gasteiger partial charge in [0.05, 0.1) is 10.6 Å². The van der Waals surface area contributed by atoms with Crippen molar-refractivity contribution in [2.24, 2.45) is 0 Å². The van der Waals surface area contributed by atoms with Crippen molar-refractivity contribution in [3.63, 3.8) is 0 Å². The van der Waals surface area contributed by atoms with E-state index in [1.54, 1.807) is 24.3 Å². The molecule has 0 heterocycles. The van der Waals surface area contributed by atoms with Gasteiger partial charge in [-0.05, 0) is 44.4 Å². The highest BCUT2D eigenvalue weighted by atomic mass is 32.2. The van der Waals surface area contributed by atoms with Gasteiger partial charge < -0.3 is 5.32 Å². The van der Waals surface area contributed by atoms with Crippen LogP contribution in [0.2, 0.25) is 0 Å². The number of carbonyl (C=O) groups is 1. The van der Waals surface area contributed by atoms with E-state index >= 15 is 0 Å². The first-order chi connectivity index (χ1) is 11.9. The van der Waals surface area contributed by atoms with Crippen LogP contribution in [0, 0.1) is 6.92 Å². The SMILES string of the molecule is Cc1ccc(S(=O)(=O)CCC(=O)NC(C)CCc2ccccc2)cc1. The van der Waals surface area contributed by atoms with Crippen LogP contribution in [-0.2, 0) is 21.1 Å². The van der Waals surface area contributed by atoms with Crippen LogP contribution in [0.15, 0.2) is 59.5 Å². The van der Waals surface area contributed by atoms with Crippen LogP contribution in [0.1, 0.15) is 30.9 Å². The van der Waals surface area contributed by atoms with Gasteiger partial charge in [-0.1, -0.05) is 48.0 Å². The number of rotatable bonds is 8. The monoisotopic (exact) mass is 359 g/mol. The Labute approximate surface area is 150 Å². The molecule has 0 spiro atoms. The molecule has 0 saturated heterocycles. The first-order valence-corrected chi connectivity index (χ1v) is 10.1. The molecule has 2 aromatic carbocycles. The molecule has 0 aromatic heterocycles. The molecule has 2 aromatic rings. The van der Waals surface area contributed by atoms with Crippen molar-refractivity contribution in [3.05, 3.63) is 65.7 Å². The Morgan fingerprint density at radius 3 is 2.32 bits per heavy atom. The second-order valence-corrected chi connectivity index (χ2v) is 8.48. The minimum Gasteiger partial charge on any atom is -0.354 e. The first-order valence-electron chi connectivity index (χ1n) is 8.49. The van der Waals surface area contributed by atoms with Gasteiger partial charge in [0.2, 0.25) is 5.91 Å². The molecule has 0 saturated carbocycles. The normalized spacial score (nSPS) is 12.6. The molecule has 4 nitrogen and oxygen atoms in total.